The zero-order chi connectivity index (χ0) is 30.2. The monoisotopic (exact) mass is 582 g/mol. The van der Waals surface area contributed by atoms with Gasteiger partial charge in [-0.2, -0.15) is 5.10 Å². The number of carbonyl (C=O) groups is 1. The normalized spacial score (nSPS) is 11.6. The Hall–Kier alpha value is -5.36. The Morgan fingerprint density at radius 1 is 0.930 bits per heavy atom. The molecule has 0 saturated heterocycles. The fraction of sp³-hybridized carbons (Fsp3) is 0.161. The topological polar surface area (TPSA) is 132 Å². The highest BCUT2D eigenvalue weighted by atomic mass is 19.1. The van der Waals surface area contributed by atoms with Crippen LogP contribution in [-0.4, -0.2) is 57.9 Å². The molecular weight excluding hydrogens is 554 g/mol. The Labute approximate surface area is 245 Å². The first kappa shape index (κ1) is 27.8. The van der Waals surface area contributed by atoms with Crippen LogP contribution in [0.25, 0.3) is 38.7 Å². The Morgan fingerprint density at radius 3 is 2.42 bits per heavy atom. The lowest BCUT2D eigenvalue weighted by Gasteiger charge is -2.26. The standard InChI is InChI=1S/C31H28F2N8O2/c1-39(2)14-3-15-40(18-10-12-36-13-11-18)19-4-6-21(25(32)17-19)22-7-8-23-28(31(35)42)37-41(29(23)27(22)33)20-5-9-26-24(16-20)30(34)38-43-26/h4-13,16-17H,3,14-15H2,1-2H3,(H2,34,38)(H2,35,42). The number of nitrogens with two attached hydrogens (primary N) is 2. The van der Waals surface area contributed by atoms with Crippen LogP contribution in [0, 0.1) is 11.6 Å². The largest absolute Gasteiger partial charge is 0.380 e. The molecule has 12 heteroatoms. The first-order valence-corrected chi connectivity index (χ1v) is 13.5. The molecule has 43 heavy (non-hydrogen) atoms. The second-order valence-corrected chi connectivity index (χ2v) is 10.4. The van der Waals surface area contributed by atoms with Crippen LogP contribution in [0.1, 0.15) is 16.9 Å². The number of fused-ring (bicyclic) bond motifs is 2. The van der Waals surface area contributed by atoms with Crippen LogP contribution < -0.4 is 16.4 Å². The molecule has 4 N–H and O–H groups in total. The van der Waals surface area contributed by atoms with Crippen molar-refractivity contribution in [2.75, 3.05) is 37.8 Å². The molecule has 0 aliphatic carbocycles. The van der Waals surface area contributed by atoms with E-state index in [1.165, 1.54) is 22.9 Å². The summed E-state index contributed by atoms with van der Waals surface area (Å²) in [5.74, 6) is -2.06. The molecule has 6 aromatic rings. The number of primary amides is 1. The van der Waals surface area contributed by atoms with Gasteiger partial charge in [0.05, 0.1) is 11.1 Å². The van der Waals surface area contributed by atoms with Gasteiger partial charge in [0.15, 0.2) is 22.9 Å². The minimum atomic E-state index is -0.831. The van der Waals surface area contributed by atoms with Crippen LogP contribution >= 0.6 is 0 Å². The van der Waals surface area contributed by atoms with E-state index in [0.717, 1.165) is 18.7 Å². The summed E-state index contributed by atoms with van der Waals surface area (Å²) in [7, 11) is 3.99. The van der Waals surface area contributed by atoms with Crippen molar-refractivity contribution < 1.29 is 18.1 Å². The Bertz CT molecular complexity index is 1970. The summed E-state index contributed by atoms with van der Waals surface area (Å²) >= 11 is 0. The van der Waals surface area contributed by atoms with Gasteiger partial charge in [-0.05, 0) is 81.7 Å². The van der Waals surface area contributed by atoms with Gasteiger partial charge in [-0.1, -0.05) is 11.2 Å². The number of amides is 1. The Kier molecular flexibility index (Phi) is 7.20. The van der Waals surface area contributed by atoms with Crippen molar-refractivity contribution in [2.45, 2.75) is 6.42 Å². The minimum absolute atomic E-state index is 0.00218. The lowest BCUT2D eigenvalue weighted by atomic mass is 10.0. The number of nitrogen functional groups attached to an aromatic ring is 1. The van der Waals surface area contributed by atoms with Crippen LogP contribution in [0.15, 0.2) is 77.6 Å². The van der Waals surface area contributed by atoms with E-state index >= 15 is 8.78 Å². The smallest absolute Gasteiger partial charge is 0.269 e. The maximum atomic E-state index is 16.4. The molecule has 0 spiro atoms. The average Bonchev–Trinajstić information content (AvgIpc) is 3.57. The highest BCUT2D eigenvalue weighted by Crippen LogP contribution is 2.36. The van der Waals surface area contributed by atoms with E-state index in [0.29, 0.717) is 28.9 Å². The molecule has 6 rings (SSSR count). The van der Waals surface area contributed by atoms with Gasteiger partial charge in [-0.15, -0.1) is 0 Å². The van der Waals surface area contributed by atoms with Gasteiger partial charge in [0, 0.05) is 46.8 Å². The lowest BCUT2D eigenvalue weighted by Crippen LogP contribution is -2.23. The van der Waals surface area contributed by atoms with Gasteiger partial charge in [-0.3, -0.25) is 9.78 Å². The van der Waals surface area contributed by atoms with Crippen LogP contribution in [0.5, 0.6) is 0 Å². The molecule has 0 radical (unpaired) electrons. The molecular formula is C31H28F2N8O2. The van der Waals surface area contributed by atoms with Crippen molar-refractivity contribution in [1.82, 2.24) is 24.8 Å². The second kappa shape index (κ2) is 11.1. The van der Waals surface area contributed by atoms with E-state index in [9.17, 15) is 4.79 Å². The minimum Gasteiger partial charge on any atom is -0.380 e. The number of carbonyl (C=O) groups excluding carboxylic acids is 1. The molecule has 3 aromatic carbocycles. The number of anilines is 3. The Morgan fingerprint density at radius 2 is 1.70 bits per heavy atom. The maximum Gasteiger partial charge on any atom is 0.269 e. The number of halogens is 2. The molecule has 3 aromatic heterocycles. The van der Waals surface area contributed by atoms with Gasteiger partial charge < -0.3 is 25.8 Å². The number of aromatic nitrogens is 4. The lowest BCUT2D eigenvalue weighted by molar-refractivity contribution is 0.0996. The van der Waals surface area contributed by atoms with Crippen LogP contribution in [0.3, 0.4) is 0 Å². The van der Waals surface area contributed by atoms with E-state index in [-0.39, 0.29) is 33.5 Å². The number of hydrogen-bond acceptors (Lipinski definition) is 8. The molecule has 10 nitrogen and oxygen atoms in total. The third kappa shape index (κ3) is 5.12. The maximum absolute atomic E-state index is 16.4. The highest BCUT2D eigenvalue weighted by molar-refractivity contribution is 6.05. The van der Waals surface area contributed by atoms with Gasteiger partial charge in [-0.25, -0.2) is 13.5 Å². The summed E-state index contributed by atoms with van der Waals surface area (Å²) < 4.78 is 38.7. The van der Waals surface area contributed by atoms with Crippen molar-refractivity contribution in [2.24, 2.45) is 5.73 Å². The van der Waals surface area contributed by atoms with Crippen LogP contribution in [-0.2, 0) is 0 Å². The molecule has 0 atom stereocenters. The number of benzene rings is 3. The molecule has 0 bridgehead atoms. The molecule has 1 amide bonds. The zero-order valence-corrected chi connectivity index (χ0v) is 23.5. The number of pyridine rings is 1. The van der Waals surface area contributed by atoms with E-state index in [1.54, 1.807) is 42.7 Å². The van der Waals surface area contributed by atoms with Gasteiger partial charge in [0.2, 0.25) is 0 Å². The SMILES string of the molecule is CN(C)CCCN(c1ccncc1)c1ccc(-c2ccc3c(C(N)=O)nn(-c4ccc5onc(N)c5c4)c3c2F)c(F)c1. The zero-order valence-electron chi connectivity index (χ0n) is 23.5. The summed E-state index contributed by atoms with van der Waals surface area (Å²) in [4.78, 5) is 20.4. The first-order valence-electron chi connectivity index (χ1n) is 13.5. The average molecular weight is 583 g/mol. The molecule has 218 valence electrons. The molecule has 0 aliphatic heterocycles. The summed E-state index contributed by atoms with van der Waals surface area (Å²) in [6.07, 6.45) is 4.20. The predicted octanol–water partition coefficient (Wildman–Crippen LogP) is 5.28. The van der Waals surface area contributed by atoms with E-state index in [2.05, 4.69) is 20.1 Å². The van der Waals surface area contributed by atoms with Crippen molar-refractivity contribution in [3.63, 3.8) is 0 Å². The van der Waals surface area contributed by atoms with Gasteiger partial charge >= 0.3 is 0 Å². The molecule has 0 unspecified atom stereocenters. The van der Waals surface area contributed by atoms with Crippen LogP contribution in [0.2, 0.25) is 0 Å². The first-order chi connectivity index (χ1) is 20.7. The van der Waals surface area contributed by atoms with Crippen molar-refractivity contribution in [3.8, 4) is 16.8 Å². The highest BCUT2D eigenvalue weighted by Gasteiger charge is 2.24. The molecule has 0 fully saturated rings. The van der Waals surface area contributed by atoms with Crippen LogP contribution in [0.4, 0.5) is 26.0 Å². The van der Waals surface area contributed by atoms with Gasteiger partial charge in [0.1, 0.15) is 11.3 Å². The summed E-state index contributed by atoms with van der Waals surface area (Å²) in [6.45, 7) is 1.49. The van der Waals surface area contributed by atoms with E-state index in [4.69, 9.17) is 16.0 Å². The summed E-state index contributed by atoms with van der Waals surface area (Å²) in [6, 6.07) is 16.2. The van der Waals surface area contributed by atoms with Crippen molar-refractivity contribution in [3.05, 3.63) is 90.4 Å². The second-order valence-electron chi connectivity index (χ2n) is 10.4. The van der Waals surface area contributed by atoms with Crippen molar-refractivity contribution in [1.29, 1.82) is 0 Å². The summed E-state index contributed by atoms with van der Waals surface area (Å²) in [5, 5.41) is 8.73. The number of hydrogen-bond donors (Lipinski definition) is 2. The number of nitrogens with zero attached hydrogens (tertiary/aromatic N) is 6. The molecule has 0 saturated carbocycles. The van der Waals surface area contributed by atoms with Gasteiger partial charge in [0.25, 0.3) is 5.91 Å². The fourth-order valence-corrected chi connectivity index (χ4v) is 5.19. The van der Waals surface area contributed by atoms with Crippen molar-refractivity contribution >= 4 is 45.0 Å². The fourth-order valence-electron chi connectivity index (χ4n) is 5.19. The van der Waals surface area contributed by atoms with E-state index < -0.39 is 17.5 Å². The molecule has 0 aliphatic rings. The van der Waals surface area contributed by atoms with E-state index in [1.807, 2.05) is 31.1 Å². The predicted molar refractivity (Wildman–Crippen MR) is 161 cm³/mol. The quantitative estimate of drug-likeness (QED) is 0.235. The number of rotatable bonds is 9. The molecule has 3 heterocycles. The Balaban J connectivity index is 1.45. The third-order valence-electron chi connectivity index (χ3n) is 7.26. The summed E-state index contributed by atoms with van der Waals surface area (Å²) in [5.41, 5.74) is 13.7. The third-order valence-corrected chi connectivity index (χ3v) is 7.26.